The molecule has 1 atom stereocenters. The van der Waals surface area contributed by atoms with E-state index in [4.69, 9.17) is 0 Å². The topological polar surface area (TPSA) is 68.0 Å². The summed E-state index contributed by atoms with van der Waals surface area (Å²) < 4.78 is 1.31. The van der Waals surface area contributed by atoms with Crippen LogP contribution in [0.3, 0.4) is 0 Å². The normalized spacial score (nSPS) is 12.4. The lowest BCUT2D eigenvalue weighted by Gasteiger charge is -2.12. The minimum atomic E-state index is -0.612. The maximum atomic E-state index is 12.3. The number of hydrogen-bond donors (Lipinski definition) is 1. The van der Waals surface area contributed by atoms with Gasteiger partial charge in [-0.25, -0.2) is 4.68 Å². The molecule has 0 bridgehead atoms. The zero-order chi connectivity index (χ0) is 15.4. The monoisotopic (exact) mass is 295 g/mol. The summed E-state index contributed by atoms with van der Waals surface area (Å²) >= 11 is 0. The van der Waals surface area contributed by atoms with E-state index in [1.54, 1.807) is 24.5 Å². The highest BCUT2D eigenvalue weighted by Gasteiger charge is 2.10. The van der Waals surface area contributed by atoms with Crippen LogP contribution in [0.4, 0.5) is 0 Å². The maximum absolute atomic E-state index is 12.3. The molecule has 0 fully saturated rings. The Kier molecular flexibility index (Phi) is 4.25. The van der Waals surface area contributed by atoms with Gasteiger partial charge in [0.15, 0.2) is 0 Å². The van der Waals surface area contributed by atoms with Crippen molar-refractivity contribution in [2.75, 3.05) is 0 Å². The smallest absolute Gasteiger partial charge is 0.276 e. The molecule has 112 valence electrons. The van der Waals surface area contributed by atoms with Gasteiger partial charge < -0.3 is 5.11 Å². The molecule has 0 radical (unpaired) electrons. The standard InChI is InChI=1S/C17H17N3O2/c21-14(9-8-13-5-2-1-3-6-13)12-20-17(22)15-7-4-10-18-16(15)11-19-20/h1-7,10-11,14,21H,8-9,12H2. The predicted octanol–water partition coefficient (Wildman–Crippen LogP) is 1.79. The number of rotatable bonds is 5. The average molecular weight is 295 g/mol. The zero-order valence-corrected chi connectivity index (χ0v) is 12.1. The summed E-state index contributed by atoms with van der Waals surface area (Å²) in [4.78, 5) is 16.4. The van der Waals surface area contributed by atoms with Crippen molar-refractivity contribution in [1.29, 1.82) is 0 Å². The molecule has 0 aliphatic heterocycles. The van der Waals surface area contributed by atoms with Crippen molar-refractivity contribution < 1.29 is 5.11 Å². The van der Waals surface area contributed by atoms with Gasteiger partial charge in [-0.3, -0.25) is 9.78 Å². The Morgan fingerprint density at radius 2 is 1.95 bits per heavy atom. The molecular formula is C17H17N3O2. The molecule has 0 aliphatic carbocycles. The molecule has 2 heterocycles. The summed E-state index contributed by atoms with van der Waals surface area (Å²) in [6, 6.07) is 13.4. The van der Waals surface area contributed by atoms with Gasteiger partial charge in [-0.1, -0.05) is 30.3 Å². The SMILES string of the molecule is O=c1c2cccnc2cnn1CC(O)CCc1ccccc1. The molecule has 1 N–H and O–H groups in total. The number of fused-ring (bicyclic) bond motifs is 1. The van der Waals surface area contributed by atoms with E-state index in [2.05, 4.69) is 10.1 Å². The first-order valence-electron chi connectivity index (χ1n) is 7.27. The Bertz CT molecular complexity index is 815. The highest BCUT2D eigenvalue weighted by atomic mass is 16.3. The molecule has 5 nitrogen and oxygen atoms in total. The molecule has 1 unspecified atom stereocenters. The van der Waals surface area contributed by atoms with Gasteiger partial charge in [-0.05, 0) is 30.5 Å². The summed E-state index contributed by atoms with van der Waals surface area (Å²) in [7, 11) is 0. The Morgan fingerprint density at radius 3 is 2.77 bits per heavy atom. The van der Waals surface area contributed by atoms with Crippen LogP contribution in [-0.2, 0) is 13.0 Å². The molecule has 2 aromatic heterocycles. The van der Waals surface area contributed by atoms with Crippen molar-refractivity contribution in [3.05, 3.63) is 70.8 Å². The van der Waals surface area contributed by atoms with E-state index < -0.39 is 6.10 Å². The van der Waals surface area contributed by atoms with Gasteiger partial charge in [0.2, 0.25) is 0 Å². The average Bonchev–Trinajstić information content (AvgIpc) is 2.57. The van der Waals surface area contributed by atoms with Crippen LogP contribution in [0.15, 0.2) is 59.7 Å². The number of aromatic nitrogens is 3. The Labute approximate surface area is 127 Å². The van der Waals surface area contributed by atoms with Gasteiger partial charge in [0, 0.05) is 6.20 Å². The molecule has 1 aromatic carbocycles. The molecule has 0 saturated carbocycles. The lowest BCUT2D eigenvalue weighted by atomic mass is 10.1. The largest absolute Gasteiger partial charge is 0.391 e. The number of aliphatic hydroxyl groups is 1. The van der Waals surface area contributed by atoms with E-state index >= 15 is 0 Å². The van der Waals surface area contributed by atoms with Gasteiger partial charge in [0.1, 0.15) is 0 Å². The molecule has 22 heavy (non-hydrogen) atoms. The summed E-state index contributed by atoms with van der Waals surface area (Å²) in [5.41, 5.74) is 1.52. The fourth-order valence-electron chi connectivity index (χ4n) is 2.42. The van der Waals surface area contributed by atoms with Crippen LogP contribution in [0, 0.1) is 0 Å². The second-order valence-electron chi connectivity index (χ2n) is 5.25. The first-order valence-corrected chi connectivity index (χ1v) is 7.27. The highest BCUT2D eigenvalue weighted by molar-refractivity contribution is 5.75. The van der Waals surface area contributed by atoms with Gasteiger partial charge in [0.25, 0.3) is 5.56 Å². The Morgan fingerprint density at radius 1 is 1.14 bits per heavy atom. The molecule has 0 amide bonds. The van der Waals surface area contributed by atoms with E-state index in [-0.39, 0.29) is 12.1 Å². The van der Waals surface area contributed by atoms with Gasteiger partial charge in [0.05, 0.1) is 29.7 Å². The first kappa shape index (κ1) is 14.4. The second-order valence-corrected chi connectivity index (χ2v) is 5.25. The highest BCUT2D eigenvalue weighted by Crippen LogP contribution is 2.07. The van der Waals surface area contributed by atoms with E-state index in [0.29, 0.717) is 17.3 Å². The molecule has 0 spiro atoms. The Hall–Kier alpha value is -2.53. The first-order chi connectivity index (χ1) is 10.7. The number of aryl methyl sites for hydroxylation is 1. The lowest BCUT2D eigenvalue weighted by molar-refractivity contribution is 0.138. The van der Waals surface area contributed by atoms with Crippen molar-refractivity contribution in [2.45, 2.75) is 25.5 Å². The third-order valence-electron chi connectivity index (χ3n) is 3.62. The number of benzene rings is 1. The van der Waals surface area contributed by atoms with Gasteiger partial charge in [-0.2, -0.15) is 5.10 Å². The maximum Gasteiger partial charge on any atom is 0.276 e. The van der Waals surface area contributed by atoms with Crippen molar-refractivity contribution in [3.8, 4) is 0 Å². The van der Waals surface area contributed by atoms with Crippen LogP contribution in [0.5, 0.6) is 0 Å². The van der Waals surface area contributed by atoms with Crippen LogP contribution >= 0.6 is 0 Å². The molecular weight excluding hydrogens is 278 g/mol. The minimum absolute atomic E-state index is 0.191. The zero-order valence-electron chi connectivity index (χ0n) is 12.1. The summed E-state index contributed by atoms with van der Waals surface area (Å²) in [5, 5.41) is 14.7. The number of hydrogen-bond acceptors (Lipinski definition) is 4. The van der Waals surface area contributed by atoms with Crippen LogP contribution in [0.1, 0.15) is 12.0 Å². The molecule has 0 aliphatic rings. The summed E-state index contributed by atoms with van der Waals surface area (Å²) in [6.45, 7) is 0.191. The molecule has 5 heteroatoms. The van der Waals surface area contributed by atoms with E-state index in [0.717, 1.165) is 6.42 Å². The van der Waals surface area contributed by atoms with Crippen LogP contribution in [0.2, 0.25) is 0 Å². The molecule has 3 aromatic rings. The summed E-state index contributed by atoms with van der Waals surface area (Å²) in [5.74, 6) is 0. The third kappa shape index (κ3) is 3.20. The fourth-order valence-corrected chi connectivity index (χ4v) is 2.42. The fraction of sp³-hybridized carbons (Fsp3) is 0.235. The number of pyridine rings is 1. The van der Waals surface area contributed by atoms with Crippen molar-refractivity contribution >= 4 is 10.9 Å². The van der Waals surface area contributed by atoms with Crippen molar-refractivity contribution in [2.24, 2.45) is 0 Å². The molecule has 0 saturated heterocycles. The van der Waals surface area contributed by atoms with Crippen molar-refractivity contribution in [3.63, 3.8) is 0 Å². The van der Waals surface area contributed by atoms with Crippen LogP contribution in [0.25, 0.3) is 10.9 Å². The van der Waals surface area contributed by atoms with E-state index in [1.165, 1.54) is 10.2 Å². The quantitative estimate of drug-likeness (QED) is 0.779. The number of aliphatic hydroxyl groups excluding tert-OH is 1. The summed E-state index contributed by atoms with van der Waals surface area (Å²) in [6.07, 6.45) is 3.93. The number of nitrogens with zero attached hydrogens (tertiary/aromatic N) is 3. The predicted molar refractivity (Wildman–Crippen MR) is 84.6 cm³/mol. The molecule has 3 rings (SSSR count). The van der Waals surface area contributed by atoms with Gasteiger partial charge >= 0.3 is 0 Å². The minimum Gasteiger partial charge on any atom is -0.391 e. The van der Waals surface area contributed by atoms with Gasteiger partial charge in [-0.15, -0.1) is 0 Å². The van der Waals surface area contributed by atoms with E-state index in [9.17, 15) is 9.90 Å². The third-order valence-corrected chi connectivity index (χ3v) is 3.62. The Balaban J connectivity index is 1.70. The van der Waals surface area contributed by atoms with Crippen LogP contribution in [-0.4, -0.2) is 26.0 Å². The van der Waals surface area contributed by atoms with Crippen LogP contribution < -0.4 is 5.56 Å². The van der Waals surface area contributed by atoms with Crippen molar-refractivity contribution in [1.82, 2.24) is 14.8 Å². The van der Waals surface area contributed by atoms with E-state index in [1.807, 2.05) is 30.3 Å². The lowest BCUT2D eigenvalue weighted by Crippen LogP contribution is -2.29. The second kappa shape index (κ2) is 6.49.